The number of hydrogen-bond acceptors (Lipinski definition) is 6. The lowest BCUT2D eigenvalue weighted by Crippen LogP contribution is -2.66. The van der Waals surface area contributed by atoms with Crippen LogP contribution in [-0.2, 0) is 9.47 Å². The molecule has 0 amide bonds. The third-order valence-corrected chi connectivity index (χ3v) is 5.71. The van der Waals surface area contributed by atoms with Crippen LogP contribution in [0.5, 0.6) is 0 Å². The van der Waals surface area contributed by atoms with Crippen molar-refractivity contribution in [2.24, 2.45) is 5.41 Å². The Balaban J connectivity index is 1.38. The number of anilines is 1. The van der Waals surface area contributed by atoms with E-state index in [0.717, 1.165) is 0 Å². The van der Waals surface area contributed by atoms with Crippen LogP contribution >= 0.6 is 11.6 Å². The Hall–Kier alpha value is -1.70. The summed E-state index contributed by atoms with van der Waals surface area (Å²) < 4.78 is 25.0. The van der Waals surface area contributed by atoms with Crippen molar-refractivity contribution in [2.75, 3.05) is 18.7 Å². The number of pyridine rings is 1. The Bertz CT molecular complexity index is 819. The number of nitrogens with zero attached hydrogens (tertiary/aromatic N) is 3. The Morgan fingerprint density at radius 3 is 2.61 bits per heavy atom. The first-order valence-corrected chi connectivity index (χ1v) is 9.78. The number of likely N-dealkylation sites (N-methyl/N-ethyl adjacent to an activating group) is 1. The number of hydrazine groups is 1. The molecule has 3 aliphatic carbocycles. The quantitative estimate of drug-likeness (QED) is 0.539. The number of aromatic nitrogens is 1. The predicted molar refractivity (Wildman–Crippen MR) is 104 cm³/mol. The summed E-state index contributed by atoms with van der Waals surface area (Å²) in [5.74, 6) is 0.0580. The van der Waals surface area contributed by atoms with Crippen molar-refractivity contribution < 1.29 is 18.7 Å². The average Bonchev–Trinajstić information content (AvgIpc) is 2.88. The molecule has 8 heteroatoms. The molecule has 152 valence electrons. The van der Waals surface area contributed by atoms with Gasteiger partial charge in [-0.15, -0.1) is 0 Å². The SMILES string of the molecule is CN1C(OCC23CC(F)(C2)C3)C=CN1c1ccc(C(=O)OC(C)(C)C)c(Cl)n1. The monoisotopic (exact) mass is 409 g/mol. The maximum atomic E-state index is 13.7. The van der Waals surface area contributed by atoms with Gasteiger partial charge < -0.3 is 9.47 Å². The van der Waals surface area contributed by atoms with Crippen LogP contribution in [0, 0.1) is 5.41 Å². The lowest BCUT2D eigenvalue weighted by atomic mass is 9.43. The molecule has 3 saturated carbocycles. The van der Waals surface area contributed by atoms with Gasteiger partial charge in [0.15, 0.2) is 0 Å². The molecule has 5 rings (SSSR count). The molecule has 4 aliphatic rings. The van der Waals surface area contributed by atoms with Crippen molar-refractivity contribution in [3.8, 4) is 0 Å². The third kappa shape index (κ3) is 3.51. The number of rotatable bonds is 5. The van der Waals surface area contributed by atoms with E-state index < -0.39 is 17.2 Å². The second-order valence-electron chi connectivity index (χ2n) is 9.15. The van der Waals surface area contributed by atoms with Crippen LogP contribution in [-0.4, -0.2) is 47.1 Å². The van der Waals surface area contributed by atoms with Gasteiger partial charge in [0.2, 0.25) is 0 Å². The Labute approximate surface area is 169 Å². The Kier molecular flexibility index (Phi) is 4.48. The topological polar surface area (TPSA) is 54.9 Å². The first kappa shape index (κ1) is 19.6. The van der Waals surface area contributed by atoms with Crippen LogP contribution in [0.3, 0.4) is 0 Å². The number of halogens is 2. The van der Waals surface area contributed by atoms with Crippen molar-refractivity contribution >= 4 is 23.4 Å². The van der Waals surface area contributed by atoms with Gasteiger partial charge in [0.25, 0.3) is 0 Å². The summed E-state index contributed by atoms with van der Waals surface area (Å²) in [4.78, 5) is 16.6. The number of carbonyl (C=O) groups excluding carboxylic acids is 1. The second-order valence-corrected chi connectivity index (χ2v) is 9.51. The summed E-state index contributed by atoms with van der Waals surface area (Å²) >= 11 is 6.23. The van der Waals surface area contributed by atoms with Crippen molar-refractivity contribution in [3.63, 3.8) is 0 Å². The smallest absolute Gasteiger partial charge is 0.341 e. The zero-order chi connectivity index (χ0) is 20.3. The molecule has 1 aromatic rings. The molecular formula is C20H25ClFN3O3. The largest absolute Gasteiger partial charge is 0.456 e. The molecule has 1 atom stereocenters. The van der Waals surface area contributed by atoms with Crippen molar-refractivity contribution in [3.05, 3.63) is 35.1 Å². The molecule has 0 radical (unpaired) electrons. The van der Waals surface area contributed by atoms with E-state index in [2.05, 4.69) is 4.98 Å². The molecule has 2 bridgehead atoms. The Morgan fingerprint density at radius 2 is 2.04 bits per heavy atom. The lowest BCUT2D eigenvalue weighted by Gasteiger charge is -2.65. The highest BCUT2D eigenvalue weighted by Gasteiger charge is 2.69. The van der Waals surface area contributed by atoms with Crippen LogP contribution in [0.4, 0.5) is 10.2 Å². The van der Waals surface area contributed by atoms with E-state index in [9.17, 15) is 9.18 Å². The highest BCUT2D eigenvalue weighted by molar-refractivity contribution is 6.32. The van der Waals surface area contributed by atoms with Gasteiger partial charge in [0, 0.05) is 18.7 Å². The van der Waals surface area contributed by atoms with Gasteiger partial charge in [-0.25, -0.2) is 14.2 Å². The van der Waals surface area contributed by atoms with E-state index in [1.807, 2.05) is 24.3 Å². The fourth-order valence-electron chi connectivity index (χ4n) is 4.22. The summed E-state index contributed by atoms with van der Waals surface area (Å²) in [5.41, 5.74) is -1.26. The molecule has 1 unspecified atom stereocenters. The molecule has 0 N–H and O–H groups in total. The molecule has 1 aliphatic heterocycles. The van der Waals surface area contributed by atoms with Gasteiger partial charge >= 0.3 is 5.97 Å². The Morgan fingerprint density at radius 1 is 1.36 bits per heavy atom. The molecular weight excluding hydrogens is 385 g/mol. The van der Waals surface area contributed by atoms with E-state index >= 15 is 0 Å². The minimum absolute atomic E-state index is 0.0352. The molecule has 3 fully saturated rings. The van der Waals surface area contributed by atoms with E-state index in [1.165, 1.54) is 0 Å². The lowest BCUT2D eigenvalue weighted by molar-refractivity contribution is -0.246. The van der Waals surface area contributed by atoms with Gasteiger partial charge in [-0.05, 0) is 58.2 Å². The zero-order valence-electron chi connectivity index (χ0n) is 16.5. The highest BCUT2D eigenvalue weighted by Crippen LogP contribution is 2.69. The number of hydrogen-bond donors (Lipinski definition) is 0. The third-order valence-electron chi connectivity index (χ3n) is 5.42. The number of alkyl halides is 1. The van der Waals surface area contributed by atoms with Crippen LogP contribution in [0.25, 0.3) is 0 Å². The molecule has 0 spiro atoms. The van der Waals surface area contributed by atoms with Crippen LogP contribution in [0.2, 0.25) is 5.15 Å². The highest BCUT2D eigenvalue weighted by atomic mass is 35.5. The van der Waals surface area contributed by atoms with Gasteiger partial charge in [-0.2, -0.15) is 5.01 Å². The summed E-state index contributed by atoms with van der Waals surface area (Å²) in [5, 5.41) is 3.76. The van der Waals surface area contributed by atoms with Gasteiger partial charge in [-0.3, -0.25) is 5.01 Å². The fraction of sp³-hybridized carbons (Fsp3) is 0.600. The van der Waals surface area contributed by atoms with E-state index in [4.69, 9.17) is 21.1 Å². The van der Waals surface area contributed by atoms with Gasteiger partial charge in [-0.1, -0.05) is 11.6 Å². The fourth-order valence-corrected chi connectivity index (χ4v) is 4.45. The molecule has 6 nitrogen and oxygen atoms in total. The molecule has 1 aromatic heterocycles. The van der Waals surface area contributed by atoms with Crippen LogP contribution in [0.1, 0.15) is 50.4 Å². The first-order valence-electron chi connectivity index (χ1n) is 9.40. The normalized spacial score (nSPS) is 31.5. The second kappa shape index (κ2) is 6.40. The minimum Gasteiger partial charge on any atom is -0.456 e. The number of ether oxygens (including phenoxy) is 2. The maximum absolute atomic E-state index is 13.7. The van der Waals surface area contributed by atoms with Gasteiger partial charge in [0.1, 0.15) is 28.5 Å². The maximum Gasteiger partial charge on any atom is 0.341 e. The minimum atomic E-state index is -0.913. The van der Waals surface area contributed by atoms with Crippen molar-refractivity contribution in [1.82, 2.24) is 9.99 Å². The standard InChI is InChI=1S/C20H25ClFN3O3/c1-18(2,3)28-17(26)13-5-6-14(23-16(13)21)25-8-7-15(24(25)4)27-12-19-9-20(22,10-19)11-19/h5-8,15H,9-12H2,1-4H3. The van der Waals surface area contributed by atoms with Crippen LogP contribution < -0.4 is 5.01 Å². The van der Waals surface area contributed by atoms with Crippen molar-refractivity contribution in [2.45, 2.75) is 57.5 Å². The summed E-state index contributed by atoms with van der Waals surface area (Å²) in [6, 6.07) is 3.32. The molecule has 0 saturated heterocycles. The van der Waals surface area contributed by atoms with E-state index in [0.29, 0.717) is 31.7 Å². The molecule has 2 heterocycles. The van der Waals surface area contributed by atoms with E-state index in [1.54, 1.807) is 37.9 Å². The number of esters is 1. The van der Waals surface area contributed by atoms with Crippen molar-refractivity contribution in [1.29, 1.82) is 0 Å². The predicted octanol–water partition coefficient (Wildman–Crippen LogP) is 4.11. The van der Waals surface area contributed by atoms with Gasteiger partial charge in [0.05, 0.1) is 12.2 Å². The van der Waals surface area contributed by atoms with E-state index in [-0.39, 0.29) is 22.4 Å². The molecule has 0 aromatic carbocycles. The summed E-state index contributed by atoms with van der Waals surface area (Å²) in [6.45, 7) is 5.94. The first-order chi connectivity index (χ1) is 13.0. The molecule has 28 heavy (non-hydrogen) atoms. The average molecular weight is 410 g/mol. The summed E-state index contributed by atoms with van der Waals surface area (Å²) in [6.07, 6.45) is 5.35. The summed E-state index contributed by atoms with van der Waals surface area (Å²) in [7, 11) is 1.88. The number of carbonyl (C=O) groups is 1. The van der Waals surface area contributed by atoms with Crippen LogP contribution in [0.15, 0.2) is 24.4 Å². The zero-order valence-corrected chi connectivity index (χ0v) is 17.3.